The van der Waals surface area contributed by atoms with Gasteiger partial charge in [-0.25, -0.2) is 13.2 Å². The van der Waals surface area contributed by atoms with Crippen LogP contribution in [-0.2, 0) is 18.8 Å². The fourth-order valence-corrected chi connectivity index (χ4v) is 8.63. The SMILES string of the molecule is CC1=N[N+]2(c3ccccc3)C3(CCC(C)N4CC32n2cc(C(=O)NCc3c(F)cc(F)cc3F)c(=O)c(OCc3ccccc3)c2C4=O)C1. The van der Waals surface area contributed by atoms with Crippen molar-refractivity contribution in [2.45, 2.75) is 63.5 Å². The fraction of sp³-hybridized carbons (Fsp3) is 0.297. The molecule has 0 aliphatic carbocycles. The number of para-hydroxylation sites is 1. The zero-order chi connectivity index (χ0) is 34.3. The van der Waals surface area contributed by atoms with Crippen molar-refractivity contribution in [2.24, 2.45) is 5.10 Å². The van der Waals surface area contributed by atoms with E-state index in [1.807, 2.05) is 74.5 Å². The van der Waals surface area contributed by atoms with Gasteiger partial charge in [0.15, 0.2) is 17.1 Å². The molecule has 4 aliphatic rings. The number of ether oxygens (including phenoxy) is 1. The van der Waals surface area contributed by atoms with Crippen molar-refractivity contribution in [3.05, 3.63) is 129 Å². The first kappa shape index (κ1) is 31.1. The molecule has 1 aromatic heterocycles. The van der Waals surface area contributed by atoms with E-state index in [-0.39, 0.29) is 40.8 Å². The van der Waals surface area contributed by atoms with Gasteiger partial charge < -0.3 is 15.0 Å². The smallest absolute Gasteiger partial charge is 0.285 e. The van der Waals surface area contributed by atoms with Crippen molar-refractivity contribution < 1.29 is 27.5 Å². The average molecular weight is 669 g/mol. The van der Waals surface area contributed by atoms with Crippen LogP contribution in [0, 0.1) is 17.5 Å². The number of aromatic nitrogens is 1. The van der Waals surface area contributed by atoms with Crippen molar-refractivity contribution >= 4 is 23.2 Å². The molecule has 0 saturated carbocycles. The lowest BCUT2D eigenvalue weighted by atomic mass is 9.88. The molecule has 12 heteroatoms. The molecule has 250 valence electrons. The molecule has 2 saturated heterocycles. The number of hydrogen-bond donors (Lipinski definition) is 1. The lowest BCUT2D eigenvalue weighted by Gasteiger charge is -2.38. The summed E-state index contributed by atoms with van der Waals surface area (Å²) in [5.41, 5.74) is -0.583. The number of hydrogen-bond acceptors (Lipinski definition) is 5. The Morgan fingerprint density at radius 2 is 1.71 bits per heavy atom. The summed E-state index contributed by atoms with van der Waals surface area (Å²) in [5.74, 6) is -5.05. The molecule has 9 nitrogen and oxygen atoms in total. The van der Waals surface area contributed by atoms with Crippen LogP contribution in [0.2, 0.25) is 0 Å². The van der Waals surface area contributed by atoms with E-state index in [0.29, 0.717) is 31.4 Å². The quantitative estimate of drug-likeness (QED) is 0.205. The van der Waals surface area contributed by atoms with Crippen molar-refractivity contribution in [1.29, 1.82) is 0 Å². The van der Waals surface area contributed by atoms with E-state index in [1.165, 1.54) is 6.20 Å². The Kier molecular flexibility index (Phi) is 6.91. The van der Waals surface area contributed by atoms with Gasteiger partial charge in [0, 0.05) is 55.0 Å². The number of carbonyl (C=O) groups excluding carboxylic acids is 2. The van der Waals surface area contributed by atoms with Crippen LogP contribution in [-0.4, -0.2) is 45.1 Å². The van der Waals surface area contributed by atoms with Gasteiger partial charge in [-0.05, 0) is 25.8 Å². The summed E-state index contributed by atoms with van der Waals surface area (Å²) in [4.78, 5) is 44.4. The van der Waals surface area contributed by atoms with Gasteiger partial charge in [-0.2, -0.15) is 0 Å². The summed E-state index contributed by atoms with van der Waals surface area (Å²) in [5, 5.41) is 7.72. The van der Waals surface area contributed by atoms with E-state index in [1.54, 1.807) is 9.47 Å². The molecular formula is C37H33F3N5O4+. The number of nitrogens with zero attached hydrogens (tertiary/aromatic N) is 4. The number of nitrogens with one attached hydrogen (secondary N) is 1. The molecule has 8 rings (SSSR count). The standard InChI is InChI=1S/C37H32F3N5O4/c1-22-17-36-14-13-23(2)43-21-37(36,45(36,42-22)26-11-7-4-8-12-26)44-19-28(34(47)41-18-27-29(39)15-25(38)16-30(27)40)32(46)33(31(44)35(43)48)49-20-24-9-5-3-6-10-24/h3-12,15-16,19,23H,13-14,17-18,20-21H2,1-2H3/p+1. The van der Waals surface area contributed by atoms with Gasteiger partial charge in [-0.3, -0.25) is 19.0 Å². The number of fused-ring (bicyclic) bond motifs is 2. The highest BCUT2D eigenvalue weighted by molar-refractivity contribution is 6.01. The maximum absolute atomic E-state index is 14.5. The van der Waals surface area contributed by atoms with Crippen molar-refractivity contribution in [2.75, 3.05) is 6.54 Å². The number of benzene rings is 3. The van der Waals surface area contributed by atoms with Gasteiger partial charge in [0.1, 0.15) is 36.2 Å². The summed E-state index contributed by atoms with van der Waals surface area (Å²) >= 11 is 0. The van der Waals surface area contributed by atoms with E-state index in [2.05, 4.69) is 5.32 Å². The van der Waals surface area contributed by atoms with Crippen molar-refractivity contribution in [3.63, 3.8) is 0 Å². The van der Waals surface area contributed by atoms with E-state index < -0.39 is 58.0 Å². The highest BCUT2D eigenvalue weighted by Crippen LogP contribution is 2.74. The van der Waals surface area contributed by atoms with Crippen molar-refractivity contribution in [3.8, 4) is 5.75 Å². The van der Waals surface area contributed by atoms with Crippen LogP contribution in [0.25, 0.3) is 0 Å². The maximum Gasteiger partial charge on any atom is 0.285 e. The average Bonchev–Trinajstić information content (AvgIpc) is 3.41. The fourth-order valence-electron chi connectivity index (χ4n) is 8.63. The highest BCUT2D eigenvalue weighted by atomic mass is 19.1. The number of carbonyl (C=O) groups is 2. The van der Waals surface area contributed by atoms with Gasteiger partial charge in [-0.15, -0.1) is 4.59 Å². The predicted octanol–water partition coefficient (Wildman–Crippen LogP) is 5.61. The Hall–Kier alpha value is -5.23. The Labute approximate surface area is 279 Å². The molecule has 4 atom stereocenters. The number of amides is 2. The summed E-state index contributed by atoms with van der Waals surface area (Å²) in [6, 6.07) is 19.8. The van der Waals surface area contributed by atoms with Gasteiger partial charge in [0.05, 0.1) is 12.1 Å². The monoisotopic (exact) mass is 668 g/mol. The third-order valence-corrected chi connectivity index (χ3v) is 10.8. The number of pyridine rings is 1. The Balaban J connectivity index is 1.33. The van der Waals surface area contributed by atoms with Crippen molar-refractivity contribution in [1.82, 2.24) is 19.4 Å². The topological polar surface area (TPSA) is 93.0 Å². The molecule has 2 spiro atoms. The van der Waals surface area contributed by atoms with Crippen LogP contribution in [0.5, 0.6) is 5.75 Å². The summed E-state index contributed by atoms with van der Waals surface area (Å²) < 4.78 is 50.7. The molecule has 4 aliphatic heterocycles. The number of rotatable bonds is 7. The van der Waals surface area contributed by atoms with E-state index in [9.17, 15) is 27.6 Å². The molecule has 2 amide bonds. The first-order valence-electron chi connectivity index (χ1n) is 16.2. The Morgan fingerprint density at radius 1 is 1.04 bits per heavy atom. The number of quaternary nitrogens is 1. The molecule has 4 unspecified atom stereocenters. The van der Waals surface area contributed by atoms with E-state index in [4.69, 9.17) is 9.84 Å². The molecule has 2 bridgehead atoms. The summed E-state index contributed by atoms with van der Waals surface area (Å²) in [7, 11) is 0. The van der Waals surface area contributed by atoms with Crippen LogP contribution in [0.4, 0.5) is 18.9 Å². The number of halogens is 3. The summed E-state index contributed by atoms with van der Waals surface area (Å²) in [6.45, 7) is 3.56. The van der Waals surface area contributed by atoms with Crippen LogP contribution in [0.15, 0.2) is 88.9 Å². The Morgan fingerprint density at radius 3 is 2.41 bits per heavy atom. The van der Waals surface area contributed by atoms with Gasteiger partial charge in [0.25, 0.3) is 17.5 Å². The zero-order valence-corrected chi connectivity index (χ0v) is 26.9. The second kappa shape index (κ2) is 10.9. The third-order valence-electron chi connectivity index (χ3n) is 10.8. The third kappa shape index (κ3) is 4.16. The molecule has 49 heavy (non-hydrogen) atoms. The second-order valence-corrected chi connectivity index (χ2v) is 13.4. The van der Waals surface area contributed by atoms with E-state index >= 15 is 0 Å². The van der Waals surface area contributed by atoms with Gasteiger partial charge in [0.2, 0.25) is 11.0 Å². The second-order valence-electron chi connectivity index (χ2n) is 13.4. The van der Waals surface area contributed by atoms with Crippen LogP contribution in [0.1, 0.15) is 65.1 Å². The first-order valence-corrected chi connectivity index (χ1v) is 16.2. The predicted molar refractivity (Wildman–Crippen MR) is 175 cm³/mol. The van der Waals surface area contributed by atoms with Crippen LogP contribution in [0.3, 0.4) is 0 Å². The van der Waals surface area contributed by atoms with Gasteiger partial charge in [-0.1, -0.05) is 53.6 Å². The molecule has 5 heterocycles. The maximum atomic E-state index is 14.5. The molecule has 1 N–H and O–H groups in total. The van der Waals surface area contributed by atoms with Gasteiger partial charge >= 0.3 is 0 Å². The minimum Gasteiger partial charge on any atom is -0.483 e. The van der Waals surface area contributed by atoms with E-state index in [0.717, 1.165) is 17.0 Å². The normalized spacial score (nSPS) is 26.2. The molecule has 2 fully saturated rings. The highest BCUT2D eigenvalue weighted by Gasteiger charge is 2.98. The summed E-state index contributed by atoms with van der Waals surface area (Å²) in [6.07, 6.45) is 3.43. The lowest BCUT2D eigenvalue weighted by Crippen LogP contribution is -2.56. The largest absolute Gasteiger partial charge is 0.483 e. The molecule has 4 aromatic rings. The molecule has 3 aromatic carbocycles. The molecular weight excluding hydrogens is 635 g/mol. The lowest BCUT2D eigenvalue weighted by molar-refractivity contribution is 0.0510. The van der Waals surface area contributed by atoms with Crippen LogP contribution >= 0.6 is 0 Å². The minimum atomic E-state index is -1.17. The zero-order valence-electron chi connectivity index (χ0n) is 26.9. The Bertz CT molecular complexity index is 2120. The minimum absolute atomic E-state index is 0.0307. The first-order chi connectivity index (χ1) is 23.5. The van der Waals surface area contributed by atoms with Crippen LogP contribution < -0.4 is 20.1 Å². The molecule has 0 radical (unpaired) electrons.